The number of nitriles is 1. The zero-order valence-electron chi connectivity index (χ0n) is 19.0. The Hall–Kier alpha value is -4.31. The Balaban J connectivity index is 1.35. The fourth-order valence-corrected chi connectivity index (χ4v) is 3.93. The highest BCUT2D eigenvalue weighted by atomic mass is 16.5. The molecule has 0 bridgehead atoms. The maximum atomic E-state index is 13.1. The number of urea groups is 1. The molecule has 3 aromatic carbocycles. The minimum atomic E-state index is -0.111. The number of anilines is 2. The van der Waals surface area contributed by atoms with Crippen LogP contribution in [0.1, 0.15) is 23.1 Å². The lowest BCUT2D eigenvalue weighted by atomic mass is 10.1. The first kappa shape index (κ1) is 22.9. The summed E-state index contributed by atoms with van der Waals surface area (Å²) in [6.45, 7) is 1.83. The fourth-order valence-electron chi connectivity index (χ4n) is 3.93. The van der Waals surface area contributed by atoms with Crippen LogP contribution in [0.25, 0.3) is 0 Å². The largest absolute Gasteiger partial charge is 0.497 e. The first-order chi connectivity index (χ1) is 16.6. The van der Waals surface area contributed by atoms with Gasteiger partial charge >= 0.3 is 6.03 Å². The fraction of sp³-hybridized carbons (Fsp3) is 0.222. The predicted octanol–water partition coefficient (Wildman–Crippen LogP) is 4.58. The minimum absolute atomic E-state index is 0.0492. The van der Waals surface area contributed by atoms with Gasteiger partial charge in [-0.05, 0) is 66.1 Å². The third-order valence-corrected chi connectivity index (χ3v) is 5.75. The zero-order valence-corrected chi connectivity index (χ0v) is 19.0. The molecule has 0 aliphatic carbocycles. The molecule has 3 amide bonds. The van der Waals surface area contributed by atoms with Gasteiger partial charge in [-0.15, -0.1) is 0 Å². The van der Waals surface area contributed by atoms with Crippen LogP contribution in [-0.2, 0) is 17.8 Å². The van der Waals surface area contributed by atoms with Crippen LogP contribution in [0.5, 0.6) is 5.75 Å². The minimum Gasteiger partial charge on any atom is -0.497 e. The molecule has 1 heterocycles. The molecule has 0 atom stereocenters. The molecular formula is C27H26N4O3. The lowest BCUT2D eigenvalue weighted by molar-refractivity contribution is -0.115. The zero-order chi connectivity index (χ0) is 23.9. The summed E-state index contributed by atoms with van der Waals surface area (Å²) in [6.07, 6.45) is 1.13. The van der Waals surface area contributed by atoms with E-state index in [0.717, 1.165) is 29.0 Å². The third-order valence-electron chi connectivity index (χ3n) is 5.75. The van der Waals surface area contributed by atoms with Crippen molar-refractivity contribution >= 4 is 23.3 Å². The molecule has 172 valence electrons. The van der Waals surface area contributed by atoms with Gasteiger partial charge in [-0.2, -0.15) is 5.26 Å². The lowest BCUT2D eigenvalue weighted by Crippen LogP contribution is -2.49. The summed E-state index contributed by atoms with van der Waals surface area (Å²) in [7, 11) is 1.61. The number of amides is 3. The number of hydrogen-bond donors (Lipinski definition) is 1. The number of methoxy groups -OCH3 is 1. The van der Waals surface area contributed by atoms with Crippen LogP contribution in [0, 0.1) is 11.3 Å². The number of ether oxygens (including phenoxy) is 1. The summed E-state index contributed by atoms with van der Waals surface area (Å²) in [4.78, 5) is 29.1. The molecule has 0 spiro atoms. The van der Waals surface area contributed by atoms with Crippen molar-refractivity contribution in [3.05, 3.63) is 89.5 Å². The first-order valence-corrected chi connectivity index (χ1v) is 11.1. The molecule has 7 nitrogen and oxygen atoms in total. The van der Waals surface area contributed by atoms with Gasteiger partial charge in [-0.25, -0.2) is 4.79 Å². The van der Waals surface area contributed by atoms with E-state index in [2.05, 4.69) is 11.4 Å². The van der Waals surface area contributed by atoms with Crippen LogP contribution in [0.2, 0.25) is 0 Å². The van der Waals surface area contributed by atoms with Crippen molar-refractivity contribution in [2.45, 2.75) is 19.4 Å². The normalized spacial score (nSPS) is 13.4. The van der Waals surface area contributed by atoms with Gasteiger partial charge in [0.25, 0.3) is 0 Å². The molecule has 0 saturated carbocycles. The van der Waals surface area contributed by atoms with Gasteiger partial charge in [-0.3, -0.25) is 9.69 Å². The number of hydrogen-bond acceptors (Lipinski definition) is 4. The Morgan fingerprint density at radius 1 is 0.971 bits per heavy atom. The quantitative estimate of drug-likeness (QED) is 0.566. The van der Waals surface area contributed by atoms with Crippen LogP contribution in [0.15, 0.2) is 72.8 Å². The van der Waals surface area contributed by atoms with E-state index < -0.39 is 0 Å². The first-order valence-electron chi connectivity index (χ1n) is 11.1. The van der Waals surface area contributed by atoms with Crippen molar-refractivity contribution in [2.24, 2.45) is 0 Å². The molecule has 1 aliphatic heterocycles. The molecule has 7 heteroatoms. The van der Waals surface area contributed by atoms with E-state index in [1.807, 2.05) is 65.6 Å². The number of nitrogens with zero attached hydrogens (tertiary/aromatic N) is 3. The molecule has 1 fully saturated rings. The third kappa shape index (κ3) is 5.54. The molecular weight excluding hydrogens is 428 g/mol. The monoisotopic (exact) mass is 454 g/mol. The molecule has 1 N–H and O–H groups in total. The molecule has 3 aromatic rings. The highest BCUT2D eigenvalue weighted by molar-refractivity contribution is 5.94. The summed E-state index contributed by atoms with van der Waals surface area (Å²) in [6, 6.07) is 24.1. The van der Waals surface area contributed by atoms with E-state index in [9.17, 15) is 9.59 Å². The van der Waals surface area contributed by atoms with Gasteiger partial charge in [0.2, 0.25) is 5.91 Å². The second-order valence-corrected chi connectivity index (χ2v) is 8.14. The van der Waals surface area contributed by atoms with Crippen LogP contribution in [-0.4, -0.2) is 37.0 Å². The Bertz CT molecular complexity index is 1180. The van der Waals surface area contributed by atoms with Crippen LogP contribution in [0.4, 0.5) is 16.2 Å². The predicted molar refractivity (Wildman–Crippen MR) is 131 cm³/mol. The summed E-state index contributed by atoms with van der Waals surface area (Å²) < 4.78 is 5.14. The Labute approximate surface area is 199 Å². The second-order valence-electron chi connectivity index (χ2n) is 8.14. The Morgan fingerprint density at radius 3 is 2.29 bits per heavy atom. The highest BCUT2D eigenvalue weighted by Crippen LogP contribution is 2.23. The van der Waals surface area contributed by atoms with Gasteiger partial charge in [0.1, 0.15) is 5.75 Å². The van der Waals surface area contributed by atoms with E-state index in [0.29, 0.717) is 30.9 Å². The van der Waals surface area contributed by atoms with Crippen molar-refractivity contribution in [3.63, 3.8) is 0 Å². The smallest absolute Gasteiger partial charge is 0.324 e. The van der Waals surface area contributed by atoms with E-state index in [1.54, 1.807) is 24.1 Å². The van der Waals surface area contributed by atoms with E-state index in [1.165, 1.54) is 0 Å². The second kappa shape index (κ2) is 10.5. The van der Waals surface area contributed by atoms with Gasteiger partial charge in [0.15, 0.2) is 0 Å². The van der Waals surface area contributed by atoms with Crippen molar-refractivity contribution in [1.82, 2.24) is 4.90 Å². The molecule has 34 heavy (non-hydrogen) atoms. The SMILES string of the molecule is COc1ccc(CC(=O)Nc2ccc(N3CCCN(Cc4ccc(C#N)cc4)C3=O)cc2)cc1. The number of carbonyl (C=O) groups is 2. The molecule has 4 rings (SSSR count). The average Bonchev–Trinajstić information content (AvgIpc) is 2.87. The van der Waals surface area contributed by atoms with Crippen LogP contribution in [0.3, 0.4) is 0 Å². The van der Waals surface area contributed by atoms with E-state index in [4.69, 9.17) is 10.00 Å². The molecule has 0 aromatic heterocycles. The van der Waals surface area contributed by atoms with Crippen molar-refractivity contribution in [2.75, 3.05) is 30.4 Å². The summed E-state index contributed by atoms with van der Waals surface area (Å²) in [5.74, 6) is 0.642. The van der Waals surface area contributed by atoms with Crippen molar-refractivity contribution in [3.8, 4) is 11.8 Å². The summed E-state index contributed by atoms with van der Waals surface area (Å²) >= 11 is 0. The van der Waals surface area contributed by atoms with E-state index in [-0.39, 0.29) is 18.4 Å². The number of nitrogens with one attached hydrogen (secondary N) is 1. The number of benzene rings is 3. The topological polar surface area (TPSA) is 85.7 Å². The summed E-state index contributed by atoms with van der Waals surface area (Å²) in [5, 5.41) is 11.9. The van der Waals surface area contributed by atoms with E-state index >= 15 is 0 Å². The standard InChI is InChI=1S/C27H26N4O3/c1-34-25-13-7-20(8-14-25)17-26(32)29-23-9-11-24(12-10-23)31-16-2-15-30(27(31)33)19-22-5-3-21(18-28)4-6-22/h3-14H,2,15-17,19H2,1H3,(H,29,32). The van der Waals surface area contributed by atoms with Crippen molar-refractivity contribution in [1.29, 1.82) is 5.26 Å². The average molecular weight is 455 g/mol. The lowest BCUT2D eigenvalue weighted by Gasteiger charge is -2.35. The molecule has 1 saturated heterocycles. The van der Waals surface area contributed by atoms with Gasteiger partial charge in [0, 0.05) is 31.0 Å². The molecule has 1 aliphatic rings. The number of carbonyl (C=O) groups excluding carboxylic acids is 2. The highest BCUT2D eigenvalue weighted by Gasteiger charge is 2.26. The molecule has 0 unspecified atom stereocenters. The Morgan fingerprint density at radius 2 is 1.65 bits per heavy atom. The maximum absolute atomic E-state index is 13.1. The maximum Gasteiger partial charge on any atom is 0.324 e. The number of rotatable bonds is 7. The molecule has 0 radical (unpaired) electrons. The van der Waals surface area contributed by atoms with Gasteiger partial charge in [-0.1, -0.05) is 24.3 Å². The summed E-state index contributed by atoms with van der Waals surface area (Å²) in [5.41, 5.74) is 3.97. The van der Waals surface area contributed by atoms with Gasteiger partial charge < -0.3 is 15.0 Å². The Kier molecular flexibility index (Phi) is 7.09. The van der Waals surface area contributed by atoms with Gasteiger partial charge in [0.05, 0.1) is 25.2 Å². The van der Waals surface area contributed by atoms with Crippen LogP contribution < -0.4 is 15.0 Å². The van der Waals surface area contributed by atoms with Crippen molar-refractivity contribution < 1.29 is 14.3 Å². The van der Waals surface area contributed by atoms with Crippen LogP contribution >= 0.6 is 0 Å².